The molecule has 0 atom stereocenters. The number of halogens is 2. The summed E-state index contributed by atoms with van der Waals surface area (Å²) in [4.78, 5) is 10.7. The third-order valence-corrected chi connectivity index (χ3v) is 5.34. The van der Waals surface area contributed by atoms with E-state index in [2.05, 4.69) is 27.8 Å². The number of benzene rings is 2. The molecule has 0 fully saturated rings. The molecule has 2 aromatic carbocycles. The van der Waals surface area contributed by atoms with Crippen LogP contribution in [0.4, 0.5) is 23.9 Å². The molecule has 13 heteroatoms. The van der Waals surface area contributed by atoms with Crippen molar-refractivity contribution in [1.29, 1.82) is 0 Å². The third-order valence-electron chi connectivity index (χ3n) is 3.58. The second-order valence-electron chi connectivity index (χ2n) is 5.78. The Kier molecular flexibility index (Phi) is 7.34. The molecular formula is C17H18F2N4O5S2. The number of rotatable bonds is 9. The van der Waals surface area contributed by atoms with Crippen molar-refractivity contribution in [3.8, 4) is 0 Å². The van der Waals surface area contributed by atoms with Crippen molar-refractivity contribution in [2.24, 2.45) is 0 Å². The maximum Gasteiger partial charge on any atom is 0.334 e. The van der Waals surface area contributed by atoms with Crippen LogP contribution in [-0.4, -0.2) is 36.0 Å². The zero-order chi connectivity index (χ0) is 22.4. The van der Waals surface area contributed by atoms with Crippen LogP contribution < -0.4 is 21.3 Å². The van der Waals surface area contributed by atoms with Crippen molar-refractivity contribution < 1.29 is 29.4 Å². The van der Waals surface area contributed by atoms with Gasteiger partial charge in [0.25, 0.3) is 0 Å². The number of hydrogen-bond donors (Lipinski definition) is 4. The molecule has 2 rings (SSSR count). The van der Waals surface area contributed by atoms with Crippen molar-refractivity contribution in [3.63, 3.8) is 0 Å². The number of hydrogen-bond acceptors (Lipinski definition) is 7. The number of carbonyl (C=O) groups excluding carboxylic acids is 1. The fraction of sp³-hybridized carbons (Fsp3) is 0.118. The molecule has 162 valence electrons. The highest BCUT2D eigenvalue weighted by molar-refractivity contribution is 7.86. The predicted octanol–water partition coefficient (Wildman–Crippen LogP) is 2.30. The molecule has 0 saturated carbocycles. The van der Waals surface area contributed by atoms with E-state index in [4.69, 9.17) is 0 Å². The van der Waals surface area contributed by atoms with Crippen LogP contribution in [0.15, 0.2) is 70.7 Å². The highest BCUT2D eigenvalue weighted by atomic mass is 32.3. The maximum absolute atomic E-state index is 13.3. The molecule has 4 N–H and O–H groups in total. The minimum atomic E-state index is -5.00. The van der Waals surface area contributed by atoms with Crippen LogP contribution in [-0.2, 0) is 20.4 Å². The van der Waals surface area contributed by atoms with E-state index in [0.29, 0.717) is 0 Å². The Bertz CT molecular complexity index is 1060. The highest BCUT2D eigenvalue weighted by Crippen LogP contribution is 2.23. The quantitative estimate of drug-likeness (QED) is 0.333. The number of anilines is 2. The predicted molar refractivity (Wildman–Crippen MR) is 107 cm³/mol. The first-order valence-corrected chi connectivity index (χ1v) is 11.1. The maximum atomic E-state index is 13.3. The summed E-state index contributed by atoms with van der Waals surface area (Å²) in [6, 6.07) is 9.51. The molecule has 0 saturated heterocycles. The molecule has 0 aliphatic rings. The average Bonchev–Trinajstić information content (AvgIpc) is 2.64. The normalized spacial score (nSPS) is 11.4. The first-order valence-electron chi connectivity index (χ1n) is 8.30. The summed E-state index contributed by atoms with van der Waals surface area (Å²) >= 11 is 0. The molecule has 2 amide bonds. The third kappa shape index (κ3) is 6.70. The lowest BCUT2D eigenvalue weighted by atomic mass is 10.3. The molecule has 0 heterocycles. The first kappa shape index (κ1) is 23.1. The van der Waals surface area contributed by atoms with Gasteiger partial charge in [-0.2, -0.15) is 16.8 Å². The van der Waals surface area contributed by atoms with Gasteiger partial charge in [-0.05, 0) is 24.3 Å². The Hall–Kier alpha value is -3.19. The van der Waals surface area contributed by atoms with Crippen LogP contribution in [0.2, 0.25) is 0 Å². The van der Waals surface area contributed by atoms with Gasteiger partial charge in [0.05, 0.1) is 17.2 Å². The molecule has 0 aliphatic heterocycles. The van der Waals surface area contributed by atoms with Crippen molar-refractivity contribution in [2.75, 3.05) is 23.7 Å². The Balaban J connectivity index is 1.84. The van der Waals surface area contributed by atoms with Crippen molar-refractivity contribution in [3.05, 3.63) is 60.9 Å². The molecule has 0 radical (unpaired) electrons. The van der Waals surface area contributed by atoms with Crippen molar-refractivity contribution in [2.45, 2.75) is 9.79 Å². The monoisotopic (exact) mass is 460 g/mol. The summed E-state index contributed by atoms with van der Waals surface area (Å²) in [6.45, 7) is 3.79. The van der Waals surface area contributed by atoms with E-state index in [1.54, 1.807) is 0 Å². The Morgan fingerprint density at radius 2 is 1.20 bits per heavy atom. The van der Waals surface area contributed by atoms with Crippen LogP contribution in [0.1, 0.15) is 0 Å². The van der Waals surface area contributed by atoms with Crippen LogP contribution >= 0.6 is 0 Å². The summed E-state index contributed by atoms with van der Waals surface area (Å²) in [5.74, 6) is 0.141. The van der Waals surface area contributed by atoms with Gasteiger partial charge in [-0.1, -0.05) is 30.8 Å². The van der Waals surface area contributed by atoms with Crippen LogP contribution in [0.5, 0.6) is 0 Å². The van der Waals surface area contributed by atoms with Gasteiger partial charge in [0, 0.05) is 13.1 Å². The zero-order valence-corrected chi connectivity index (χ0v) is 17.0. The van der Waals surface area contributed by atoms with Gasteiger partial charge in [0.15, 0.2) is 0 Å². The van der Waals surface area contributed by atoms with E-state index in [1.807, 2.05) is 0 Å². The van der Waals surface area contributed by atoms with Crippen LogP contribution in [0.25, 0.3) is 0 Å². The van der Waals surface area contributed by atoms with Gasteiger partial charge in [-0.25, -0.2) is 4.79 Å². The Morgan fingerprint density at radius 3 is 1.70 bits per heavy atom. The molecule has 30 heavy (non-hydrogen) atoms. The minimum Gasteiger partial charge on any atom is -0.370 e. The fourth-order valence-electron chi connectivity index (χ4n) is 2.33. The van der Waals surface area contributed by atoms with Gasteiger partial charge in [0.2, 0.25) is 0 Å². The Morgan fingerprint density at radius 1 is 0.767 bits per heavy atom. The highest BCUT2D eigenvalue weighted by Gasteiger charge is 2.18. The first-order chi connectivity index (χ1) is 14.0. The largest absolute Gasteiger partial charge is 0.370 e. The van der Waals surface area contributed by atoms with E-state index >= 15 is 0 Å². The van der Waals surface area contributed by atoms with Crippen molar-refractivity contribution in [1.82, 2.24) is 10.6 Å². The molecule has 0 bridgehead atoms. The molecule has 0 spiro atoms. The van der Waals surface area contributed by atoms with E-state index < -0.39 is 36.3 Å². The molecule has 0 aromatic heterocycles. The minimum absolute atomic E-state index is 0.0211. The van der Waals surface area contributed by atoms with Crippen LogP contribution in [0, 0.1) is 0 Å². The molecule has 2 aromatic rings. The van der Waals surface area contributed by atoms with Crippen LogP contribution in [0.3, 0.4) is 0 Å². The molecule has 9 nitrogen and oxygen atoms in total. The van der Waals surface area contributed by atoms with Gasteiger partial charge in [0.1, 0.15) is 9.79 Å². The molecule has 0 unspecified atom stereocenters. The smallest absolute Gasteiger partial charge is 0.334 e. The topological polar surface area (TPSA) is 133 Å². The average molecular weight is 460 g/mol. The van der Waals surface area contributed by atoms with Gasteiger partial charge >= 0.3 is 26.5 Å². The van der Waals surface area contributed by atoms with E-state index in [9.17, 15) is 29.4 Å². The number of urea groups is 1. The lowest BCUT2D eigenvalue weighted by Gasteiger charge is -2.14. The second kappa shape index (κ2) is 9.54. The second-order valence-corrected chi connectivity index (χ2v) is 8.41. The fourth-order valence-corrected chi connectivity index (χ4v) is 3.57. The lowest BCUT2D eigenvalue weighted by Crippen LogP contribution is -2.35. The summed E-state index contributed by atoms with van der Waals surface area (Å²) in [5, 5.41) is 9.99. The number of carbonyl (C=O) groups is 1. The molecule has 0 aliphatic carbocycles. The standard InChI is InChI=1S/C17H18F2N4O5S2/c1-12(22-13-6-2-4-8-15(13)29(18,25)26)20-10-11-21-17(24)23-14-7-3-5-9-16(14)30(19,27)28/h2-9,20,22H,1,10-11H2,(H2,21,23,24). The van der Waals surface area contributed by atoms with E-state index in [-0.39, 0.29) is 30.3 Å². The Labute approximate surface area is 172 Å². The summed E-state index contributed by atoms with van der Waals surface area (Å²) in [6.07, 6.45) is 0. The summed E-state index contributed by atoms with van der Waals surface area (Å²) in [5.41, 5.74) is -0.243. The number of amides is 2. The summed E-state index contributed by atoms with van der Waals surface area (Å²) in [7, 11) is -9.93. The lowest BCUT2D eigenvalue weighted by molar-refractivity contribution is 0.252. The van der Waals surface area contributed by atoms with Gasteiger partial charge < -0.3 is 21.3 Å². The van der Waals surface area contributed by atoms with Crippen molar-refractivity contribution >= 4 is 37.9 Å². The van der Waals surface area contributed by atoms with Gasteiger partial charge in [-0.3, -0.25) is 0 Å². The van der Waals surface area contributed by atoms with E-state index in [0.717, 1.165) is 12.1 Å². The zero-order valence-electron chi connectivity index (χ0n) is 15.4. The molecular weight excluding hydrogens is 442 g/mol. The SMILES string of the molecule is C=C(NCCNC(=O)Nc1ccccc1S(=O)(=O)F)Nc1ccccc1S(=O)(=O)F. The van der Waals surface area contributed by atoms with Gasteiger partial charge in [-0.15, -0.1) is 7.77 Å². The number of nitrogens with one attached hydrogen (secondary N) is 4. The summed E-state index contributed by atoms with van der Waals surface area (Å²) < 4.78 is 70.9. The van der Waals surface area contributed by atoms with E-state index in [1.165, 1.54) is 36.4 Å². The number of para-hydroxylation sites is 2.